The molecule has 0 unspecified atom stereocenters. The molecule has 1 aliphatic rings. The first kappa shape index (κ1) is 53.1. The highest BCUT2D eigenvalue weighted by Crippen LogP contribution is 2.42. The topological polar surface area (TPSA) is 487 Å². The van der Waals surface area contributed by atoms with E-state index in [0.29, 0.717) is 24.3 Å². The number of nitrogens with zero attached hydrogens (tertiary/aromatic N) is 5. The summed E-state index contributed by atoms with van der Waals surface area (Å²) in [4.78, 5) is 46.6. The number of nitrogen functional groups attached to an aromatic ring is 1. The Morgan fingerprint density at radius 3 is 1.63 bits per heavy atom. The monoisotopic (exact) mass is 1140 g/mol. The summed E-state index contributed by atoms with van der Waals surface area (Å²) in [7, 11) is -25.9. The number of urea groups is 1. The minimum absolute atomic E-state index is 0.00860. The minimum Gasteiger partial charge on any atom is -0.397 e. The highest BCUT2D eigenvalue weighted by Gasteiger charge is 2.37. The van der Waals surface area contributed by atoms with Gasteiger partial charge in [0.1, 0.15) is 26.1 Å². The first-order valence-corrected chi connectivity index (χ1v) is 27.5. The molecule has 1 aliphatic carbocycles. The molecule has 6 aromatic carbocycles. The van der Waals surface area contributed by atoms with E-state index in [0.717, 1.165) is 36.4 Å². The van der Waals surface area contributed by atoms with Crippen LogP contribution in [0.15, 0.2) is 126 Å². The number of ketones is 2. The summed E-state index contributed by atoms with van der Waals surface area (Å²) in [6.45, 7) is 0. The van der Waals surface area contributed by atoms with Gasteiger partial charge in [-0.1, -0.05) is 24.3 Å². The van der Waals surface area contributed by atoms with E-state index in [1.807, 2.05) is 0 Å². The van der Waals surface area contributed by atoms with Crippen molar-refractivity contribution in [3.8, 4) is 0 Å². The third kappa shape index (κ3) is 11.2. The summed E-state index contributed by atoms with van der Waals surface area (Å²) in [5.74, 6) is -2.48. The predicted molar refractivity (Wildman–Crippen MR) is 262 cm³/mol. The molecule has 13 N–H and O–H groups in total. The highest BCUT2D eigenvalue weighted by molar-refractivity contribution is 7.87. The zero-order valence-electron chi connectivity index (χ0n) is 36.5. The van der Waals surface area contributed by atoms with E-state index in [9.17, 15) is 79.2 Å². The number of rotatable bonds is 14. The Balaban J connectivity index is 1.13. The van der Waals surface area contributed by atoms with Crippen molar-refractivity contribution in [1.29, 1.82) is 0 Å². The summed E-state index contributed by atoms with van der Waals surface area (Å²) in [5, 5.41) is 16.3. The SMILES string of the molecule is NC(=O)Nc1cc(Nc2nc(Cl)nc(Nc3cc(Nc4cc(S(=O)(=O)O)c(N)c5c4C(=O)c4ccccc4C5=O)cc(S(=O)(=O)O)c3)n2)ccc1N=Nc1cc2c(S(=O)(=O)O)cc(S(=O)(=O)O)cc2cc1S(=O)(=O)O. The van der Waals surface area contributed by atoms with Gasteiger partial charge in [0.2, 0.25) is 17.2 Å². The molecule has 29 nitrogen and oxygen atoms in total. The Labute approximate surface area is 425 Å². The fourth-order valence-corrected chi connectivity index (χ4v) is 10.7. The number of anilines is 8. The van der Waals surface area contributed by atoms with Gasteiger partial charge in [0.25, 0.3) is 50.6 Å². The number of fused-ring (bicyclic) bond motifs is 3. The number of nitrogens with two attached hydrogens (primary N) is 2. The molecule has 2 amide bonds. The molecular formula is C40H28ClN11O18S5. The fourth-order valence-electron chi connectivity index (χ4n) is 7.38. The van der Waals surface area contributed by atoms with E-state index in [-0.39, 0.29) is 45.5 Å². The van der Waals surface area contributed by atoms with E-state index >= 15 is 0 Å². The molecule has 7 aromatic rings. The smallest absolute Gasteiger partial charge is 0.316 e. The van der Waals surface area contributed by atoms with Crippen LogP contribution in [0.25, 0.3) is 10.8 Å². The lowest BCUT2D eigenvalue weighted by Crippen LogP contribution is -2.25. The van der Waals surface area contributed by atoms with Gasteiger partial charge >= 0.3 is 6.03 Å². The van der Waals surface area contributed by atoms with Crippen molar-refractivity contribution >= 4 is 148 Å². The quantitative estimate of drug-likeness (QED) is 0.0368. The Bertz CT molecular complexity index is 4340. The van der Waals surface area contributed by atoms with E-state index in [2.05, 4.69) is 46.4 Å². The summed E-state index contributed by atoms with van der Waals surface area (Å²) < 4.78 is 173. The number of halogens is 1. The maximum Gasteiger partial charge on any atom is 0.316 e. The Morgan fingerprint density at radius 2 is 1.07 bits per heavy atom. The predicted octanol–water partition coefficient (Wildman–Crippen LogP) is 5.41. The van der Waals surface area contributed by atoms with Crippen molar-refractivity contribution < 1.29 is 79.2 Å². The van der Waals surface area contributed by atoms with Gasteiger partial charge in [0.05, 0.1) is 38.0 Å². The van der Waals surface area contributed by atoms with E-state index in [1.165, 1.54) is 30.3 Å². The molecule has 1 heterocycles. The normalized spacial score (nSPS) is 13.1. The van der Waals surface area contributed by atoms with Crippen LogP contribution in [-0.2, 0) is 50.6 Å². The average Bonchev–Trinajstić information content (AvgIpc) is 3.28. The van der Waals surface area contributed by atoms with Crippen molar-refractivity contribution in [3.63, 3.8) is 0 Å². The molecule has 0 radical (unpaired) electrons. The van der Waals surface area contributed by atoms with Crippen LogP contribution in [0.2, 0.25) is 5.28 Å². The van der Waals surface area contributed by atoms with Gasteiger partial charge in [-0.25, -0.2) is 4.79 Å². The molecule has 1 aromatic heterocycles. The molecule has 35 heteroatoms. The highest BCUT2D eigenvalue weighted by atomic mass is 35.5. The maximum atomic E-state index is 13.9. The molecule has 0 aliphatic heterocycles. The van der Waals surface area contributed by atoms with Gasteiger partial charge in [-0.3, -0.25) is 32.4 Å². The van der Waals surface area contributed by atoms with E-state index in [1.54, 1.807) is 0 Å². The number of carbonyl (C=O) groups is 3. The Morgan fingerprint density at radius 1 is 0.533 bits per heavy atom. The second kappa shape index (κ2) is 19.0. The molecule has 0 bridgehead atoms. The largest absolute Gasteiger partial charge is 0.397 e. The first-order valence-electron chi connectivity index (χ1n) is 19.9. The Hall–Kier alpha value is -8.16. The van der Waals surface area contributed by atoms with Crippen LogP contribution in [-0.4, -0.2) is 97.4 Å². The summed E-state index contributed by atoms with van der Waals surface area (Å²) in [6.07, 6.45) is 0. The van der Waals surface area contributed by atoms with Crippen molar-refractivity contribution in [2.45, 2.75) is 24.5 Å². The molecule has 0 atom stereocenters. The molecular weight excluding hydrogens is 1120 g/mol. The van der Waals surface area contributed by atoms with E-state index in [4.69, 9.17) is 23.1 Å². The van der Waals surface area contributed by atoms with Crippen LogP contribution in [0.4, 0.5) is 62.2 Å². The number of amides is 2. The van der Waals surface area contributed by atoms with Crippen molar-refractivity contribution in [2.75, 3.05) is 27.0 Å². The summed E-state index contributed by atoms with van der Waals surface area (Å²) >= 11 is 6.21. The Kier molecular flexibility index (Phi) is 13.4. The summed E-state index contributed by atoms with van der Waals surface area (Å²) in [6, 6.07) is 13.8. The number of carbonyl (C=O) groups excluding carboxylic acids is 3. The molecule has 75 heavy (non-hydrogen) atoms. The van der Waals surface area contributed by atoms with Crippen LogP contribution in [0, 0.1) is 0 Å². The van der Waals surface area contributed by atoms with Gasteiger partial charge in [0.15, 0.2) is 11.6 Å². The first-order chi connectivity index (χ1) is 34.8. The van der Waals surface area contributed by atoms with E-state index < -0.39 is 143 Å². The van der Waals surface area contributed by atoms with Gasteiger partial charge in [-0.15, -0.1) is 10.2 Å². The number of azo groups is 1. The molecule has 0 saturated carbocycles. The number of benzene rings is 6. The van der Waals surface area contributed by atoms with Crippen molar-refractivity contribution in [2.24, 2.45) is 16.0 Å². The van der Waals surface area contributed by atoms with Gasteiger partial charge in [0, 0.05) is 33.6 Å². The number of hydrogen-bond donors (Lipinski definition) is 11. The second-order valence-electron chi connectivity index (χ2n) is 15.4. The summed E-state index contributed by atoms with van der Waals surface area (Å²) in [5.41, 5.74) is 7.07. The molecule has 0 saturated heterocycles. The number of nitrogens with one attached hydrogen (secondary N) is 4. The number of aromatic nitrogens is 3. The molecule has 388 valence electrons. The minimum atomic E-state index is -5.29. The molecule has 8 rings (SSSR count). The number of primary amides is 1. The average molecular weight is 1150 g/mol. The second-order valence-corrected chi connectivity index (χ2v) is 22.8. The molecule has 0 spiro atoms. The zero-order chi connectivity index (χ0) is 54.9. The third-order valence-corrected chi connectivity index (χ3v) is 14.9. The van der Waals surface area contributed by atoms with Crippen LogP contribution >= 0.6 is 11.6 Å². The molecule has 0 fully saturated rings. The lowest BCUT2D eigenvalue weighted by molar-refractivity contribution is 0.0980. The number of hydrogen-bond acceptors (Lipinski definition) is 22. The standard InChI is InChI=1S/C40H28ClN11O18S5/c41-37-48-39(45-17-5-6-25(26(12-17)47-38(43)55)51-52-27-14-24-16(8-30(27)74(65,66)67)7-20(71(56,57)58)13-29(24)73(62,63)64)50-40(49-37)46-19-9-18(10-21(11-19)72(59,60)61)44-28-15-31(75(68,69)70)34(42)33-32(28)35(53)22-3-1-2-4-23(22)36(33)54/h1-15,44H,42H2,(H3,43,47,55)(H,56,57,58)(H,59,60,61)(H,62,63,64)(H,65,66,67)(H,68,69,70)(H2,45,46,48,49,50). The van der Waals surface area contributed by atoms with Gasteiger partial charge < -0.3 is 32.7 Å². The van der Waals surface area contributed by atoms with Gasteiger partial charge in [-0.05, 0) is 83.7 Å². The van der Waals surface area contributed by atoms with Crippen LogP contribution in [0.3, 0.4) is 0 Å². The maximum absolute atomic E-state index is 13.9. The zero-order valence-corrected chi connectivity index (χ0v) is 41.4. The lowest BCUT2D eigenvalue weighted by atomic mass is 9.82. The van der Waals surface area contributed by atoms with Crippen molar-refractivity contribution in [1.82, 2.24) is 15.0 Å². The van der Waals surface area contributed by atoms with Crippen LogP contribution in [0.1, 0.15) is 31.8 Å². The van der Waals surface area contributed by atoms with Gasteiger partial charge in [-0.2, -0.15) is 57.0 Å². The lowest BCUT2D eigenvalue weighted by Gasteiger charge is -2.24. The van der Waals surface area contributed by atoms with Crippen LogP contribution < -0.4 is 32.7 Å². The fraction of sp³-hybridized carbons (Fsp3) is 0. The van der Waals surface area contributed by atoms with Crippen molar-refractivity contribution in [3.05, 3.63) is 119 Å². The third-order valence-electron chi connectivity index (χ3n) is 10.4. The van der Waals surface area contributed by atoms with Crippen LogP contribution in [0.5, 0.6) is 0 Å².